The van der Waals surface area contributed by atoms with Crippen LogP contribution in [0, 0.1) is 0 Å². The molecule has 5 heteroatoms. The Bertz CT molecular complexity index is 444. The molecular formula is C13H20BNO3. The van der Waals surface area contributed by atoms with E-state index in [2.05, 4.69) is 4.98 Å². The molecule has 0 amide bonds. The van der Waals surface area contributed by atoms with Gasteiger partial charge in [0, 0.05) is 0 Å². The summed E-state index contributed by atoms with van der Waals surface area (Å²) in [5.74, 6) is 0.220. The minimum atomic E-state index is -0.471. The number of hydrogen-bond donors (Lipinski definition) is 1. The highest BCUT2D eigenvalue weighted by Crippen LogP contribution is 2.36. The van der Waals surface area contributed by atoms with E-state index >= 15 is 0 Å². The first-order valence-electron chi connectivity index (χ1n) is 6.31. The van der Waals surface area contributed by atoms with E-state index in [9.17, 15) is 5.11 Å². The largest absolute Gasteiger partial charge is 0.514 e. The van der Waals surface area contributed by atoms with E-state index in [1.54, 1.807) is 12.1 Å². The summed E-state index contributed by atoms with van der Waals surface area (Å²) in [5, 5.41) is 9.64. The summed E-state index contributed by atoms with van der Waals surface area (Å²) >= 11 is 0. The van der Waals surface area contributed by atoms with Gasteiger partial charge in [-0.05, 0) is 46.2 Å². The SMILES string of the molecule is CCc1nc(B2OC(C)(C)C(C)(C)O2)ccc1O. The molecule has 18 heavy (non-hydrogen) atoms. The van der Waals surface area contributed by atoms with Crippen molar-refractivity contribution >= 4 is 12.7 Å². The van der Waals surface area contributed by atoms with Crippen molar-refractivity contribution in [1.82, 2.24) is 4.98 Å². The van der Waals surface area contributed by atoms with Gasteiger partial charge in [0.05, 0.1) is 22.5 Å². The van der Waals surface area contributed by atoms with Crippen LogP contribution in [-0.2, 0) is 15.7 Å². The molecule has 0 bridgehead atoms. The fourth-order valence-electron chi connectivity index (χ4n) is 1.87. The molecule has 0 unspecified atom stereocenters. The smallest absolute Gasteiger partial charge is 0.506 e. The van der Waals surface area contributed by atoms with Crippen LogP contribution in [-0.4, -0.2) is 28.4 Å². The molecule has 98 valence electrons. The molecule has 1 aromatic rings. The van der Waals surface area contributed by atoms with Crippen LogP contribution in [0.25, 0.3) is 0 Å². The Morgan fingerprint density at radius 2 is 1.72 bits per heavy atom. The number of nitrogens with zero attached hydrogens (tertiary/aromatic N) is 1. The molecule has 1 aliphatic heterocycles. The molecule has 1 aromatic heterocycles. The Morgan fingerprint density at radius 3 is 2.22 bits per heavy atom. The first kappa shape index (κ1) is 13.4. The lowest BCUT2D eigenvalue weighted by Gasteiger charge is -2.32. The van der Waals surface area contributed by atoms with Gasteiger partial charge < -0.3 is 14.4 Å². The van der Waals surface area contributed by atoms with Crippen LogP contribution in [0.15, 0.2) is 12.1 Å². The summed E-state index contributed by atoms with van der Waals surface area (Å²) in [7, 11) is -0.471. The van der Waals surface area contributed by atoms with Gasteiger partial charge in [0.25, 0.3) is 0 Å². The Hall–Kier alpha value is -1.07. The van der Waals surface area contributed by atoms with Crippen molar-refractivity contribution in [2.45, 2.75) is 52.2 Å². The van der Waals surface area contributed by atoms with Gasteiger partial charge in [-0.2, -0.15) is 0 Å². The monoisotopic (exact) mass is 249 g/mol. The zero-order valence-electron chi connectivity index (χ0n) is 11.7. The third-order valence-corrected chi connectivity index (χ3v) is 3.80. The molecule has 1 saturated heterocycles. The van der Waals surface area contributed by atoms with Gasteiger partial charge in [-0.15, -0.1) is 0 Å². The molecule has 0 atom stereocenters. The predicted molar refractivity (Wildman–Crippen MR) is 71.0 cm³/mol. The number of aromatic nitrogens is 1. The number of aromatic hydroxyl groups is 1. The first-order chi connectivity index (χ1) is 8.27. The Morgan fingerprint density at radius 1 is 1.17 bits per heavy atom. The van der Waals surface area contributed by atoms with Crippen LogP contribution in [0.3, 0.4) is 0 Å². The van der Waals surface area contributed by atoms with E-state index in [0.717, 1.165) is 0 Å². The molecule has 0 aliphatic carbocycles. The van der Waals surface area contributed by atoms with Crippen molar-refractivity contribution in [3.05, 3.63) is 17.8 Å². The molecule has 0 aromatic carbocycles. The van der Waals surface area contributed by atoms with E-state index in [1.807, 2.05) is 34.6 Å². The maximum atomic E-state index is 9.64. The molecular weight excluding hydrogens is 229 g/mol. The normalized spacial score (nSPS) is 21.3. The van der Waals surface area contributed by atoms with Crippen LogP contribution in [0.4, 0.5) is 0 Å². The lowest BCUT2D eigenvalue weighted by Crippen LogP contribution is -2.41. The molecule has 0 radical (unpaired) electrons. The number of rotatable bonds is 2. The van der Waals surface area contributed by atoms with Gasteiger partial charge >= 0.3 is 7.12 Å². The maximum Gasteiger partial charge on any atom is 0.514 e. The van der Waals surface area contributed by atoms with Crippen molar-refractivity contribution in [3.63, 3.8) is 0 Å². The second-order valence-electron chi connectivity index (χ2n) is 5.64. The van der Waals surface area contributed by atoms with Gasteiger partial charge in [-0.25, -0.2) is 0 Å². The van der Waals surface area contributed by atoms with Gasteiger partial charge in [0.1, 0.15) is 5.75 Å². The van der Waals surface area contributed by atoms with E-state index in [4.69, 9.17) is 9.31 Å². The minimum Gasteiger partial charge on any atom is -0.506 e. The maximum absolute atomic E-state index is 9.64. The molecule has 2 heterocycles. The highest BCUT2D eigenvalue weighted by Gasteiger charge is 2.52. The van der Waals surface area contributed by atoms with Crippen molar-refractivity contribution < 1.29 is 14.4 Å². The fourth-order valence-corrected chi connectivity index (χ4v) is 1.87. The number of aryl methyl sites for hydroxylation is 1. The zero-order chi connectivity index (χ0) is 13.6. The summed E-state index contributed by atoms with van der Waals surface area (Å²) in [6, 6.07) is 3.39. The van der Waals surface area contributed by atoms with E-state index in [0.29, 0.717) is 17.7 Å². The van der Waals surface area contributed by atoms with Crippen LogP contribution < -0.4 is 5.59 Å². The lowest BCUT2D eigenvalue weighted by atomic mass is 9.84. The van der Waals surface area contributed by atoms with Gasteiger partial charge in [0.15, 0.2) is 0 Å². The molecule has 1 N–H and O–H groups in total. The third kappa shape index (κ3) is 2.13. The van der Waals surface area contributed by atoms with Gasteiger partial charge in [-0.3, -0.25) is 4.98 Å². The highest BCUT2D eigenvalue weighted by molar-refractivity contribution is 6.61. The molecule has 4 nitrogen and oxygen atoms in total. The zero-order valence-corrected chi connectivity index (χ0v) is 11.7. The summed E-state index contributed by atoms with van der Waals surface area (Å²) in [6.07, 6.45) is 0.680. The molecule has 1 aliphatic rings. The first-order valence-corrected chi connectivity index (χ1v) is 6.31. The van der Waals surface area contributed by atoms with Crippen LogP contribution in [0.1, 0.15) is 40.3 Å². The second kappa shape index (κ2) is 4.25. The minimum absolute atomic E-state index is 0.220. The predicted octanol–water partition coefficient (Wildman–Crippen LogP) is 1.65. The van der Waals surface area contributed by atoms with Crippen LogP contribution in [0.5, 0.6) is 5.75 Å². The standard InChI is InChI=1S/C13H20BNO3/c1-6-9-10(16)7-8-11(15-9)14-17-12(2,3)13(4,5)18-14/h7-8,16H,6H2,1-5H3. The van der Waals surface area contributed by atoms with Crippen molar-refractivity contribution in [2.24, 2.45) is 0 Å². The van der Waals surface area contributed by atoms with Crippen LogP contribution >= 0.6 is 0 Å². The second-order valence-corrected chi connectivity index (χ2v) is 5.64. The van der Waals surface area contributed by atoms with E-state index < -0.39 is 7.12 Å². The van der Waals surface area contributed by atoms with E-state index in [-0.39, 0.29) is 17.0 Å². The highest BCUT2D eigenvalue weighted by atomic mass is 16.7. The molecule has 0 spiro atoms. The van der Waals surface area contributed by atoms with Crippen molar-refractivity contribution in [3.8, 4) is 5.75 Å². The van der Waals surface area contributed by atoms with Crippen molar-refractivity contribution in [2.75, 3.05) is 0 Å². The Labute approximate surface area is 108 Å². The summed E-state index contributed by atoms with van der Waals surface area (Å²) in [5.41, 5.74) is 0.637. The summed E-state index contributed by atoms with van der Waals surface area (Å²) in [4.78, 5) is 4.40. The van der Waals surface area contributed by atoms with Crippen molar-refractivity contribution in [1.29, 1.82) is 0 Å². The third-order valence-electron chi connectivity index (χ3n) is 3.80. The summed E-state index contributed by atoms with van der Waals surface area (Å²) < 4.78 is 11.8. The van der Waals surface area contributed by atoms with Gasteiger partial charge in [-0.1, -0.05) is 6.92 Å². The van der Waals surface area contributed by atoms with Gasteiger partial charge in [0.2, 0.25) is 0 Å². The fraction of sp³-hybridized carbons (Fsp3) is 0.615. The molecule has 1 fully saturated rings. The average molecular weight is 249 g/mol. The number of pyridine rings is 1. The quantitative estimate of drug-likeness (QED) is 0.809. The Kier molecular flexibility index (Phi) is 3.15. The summed E-state index contributed by atoms with van der Waals surface area (Å²) in [6.45, 7) is 9.99. The van der Waals surface area contributed by atoms with Crippen LogP contribution in [0.2, 0.25) is 0 Å². The average Bonchev–Trinajstić information content (AvgIpc) is 2.49. The topological polar surface area (TPSA) is 51.6 Å². The molecule has 0 saturated carbocycles. The molecule has 2 rings (SSSR count). The van der Waals surface area contributed by atoms with E-state index in [1.165, 1.54) is 0 Å². The lowest BCUT2D eigenvalue weighted by molar-refractivity contribution is 0.00578. The Balaban J connectivity index is 2.30. The number of hydrogen-bond acceptors (Lipinski definition) is 4.